The number of hydrogen-bond acceptors (Lipinski definition) is 3. The SMILES string of the molecule is CC.CCCOc1nc(=O)n(C2CCCCCCC2)cc1C. The smallest absolute Gasteiger partial charge is 0.351 e. The summed E-state index contributed by atoms with van der Waals surface area (Å²) in [7, 11) is 0. The van der Waals surface area contributed by atoms with E-state index in [1.807, 2.05) is 38.5 Å². The number of aryl methyl sites for hydroxylation is 1. The lowest BCUT2D eigenvalue weighted by Gasteiger charge is -2.22. The summed E-state index contributed by atoms with van der Waals surface area (Å²) in [4.78, 5) is 16.3. The van der Waals surface area contributed by atoms with Crippen LogP contribution in [0.25, 0.3) is 0 Å². The monoisotopic (exact) mass is 308 g/mol. The number of nitrogens with zero attached hydrogens (tertiary/aromatic N) is 2. The molecule has 0 spiro atoms. The molecule has 1 aliphatic rings. The van der Waals surface area contributed by atoms with Crippen LogP contribution < -0.4 is 10.4 Å². The average Bonchev–Trinajstić information content (AvgIpc) is 2.50. The quantitative estimate of drug-likeness (QED) is 0.813. The predicted molar refractivity (Wildman–Crippen MR) is 91.7 cm³/mol. The Morgan fingerprint density at radius 2 is 1.77 bits per heavy atom. The Morgan fingerprint density at radius 3 is 2.36 bits per heavy atom. The minimum absolute atomic E-state index is 0.160. The molecule has 0 N–H and O–H groups in total. The van der Waals surface area contributed by atoms with Crippen LogP contribution in [0.4, 0.5) is 0 Å². The molecule has 2 rings (SSSR count). The normalized spacial score (nSPS) is 16.2. The van der Waals surface area contributed by atoms with Gasteiger partial charge in [-0.25, -0.2) is 4.79 Å². The van der Waals surface area contributed by atoms with E-state index in [1.54, 1.807) is 0 Å². The fourth-order valence-electron chi connectivity index (χ4n) is 2.87. The van der Waals surface area contributed by atoms with Crippen molar-refractivity contribution in [2.24, 2.45) is 0 Å². The van der Waals surface area contributed by atoms with Gasteiger partial charge < -0.3 is 4.74 Å². The Balaban J connectivity index is 0.00000116. The molecule has 0 aromatic carbocycles. The average molecular weight is 308 g/mol. The summed E-state index contributed by atoms with van der Waals surface area (Å²) in [6.45, 7) is 8.63. The van der Waals surface area contributed by atoms with E-state index in [0.717, 1.165) is 24.8 Å². The van der Waals surface area contributed by atoms with Crippen LogP contribution >= 0.6 is 0 Å². The van der Waals surface area contributed by atoms with E-state index in [1.165, 1.54) is 32.1 Å². The standard InChI is InChI=1S/C16H26N2O2.C2H6/c1-3-11-20-15-13(2)12-18(16(19)17-15)14-9-7-5-4-6-8-10-14;1-2/h12,14H,3-11H2,1-2H3;1-2H3. The van der Waals surface area contributed by atoms with Gasteiger partial charge in [-0.3, -0.25) is 4.57 Å². The largest absolute Gasteiger partial charge is 0.477 e. The Labute approximate surface area is 134 Å². The van der Waals surface area contributed by atoms with Gasteiger partial charge in [0.05, 0.1) is 6.61 Å². The maximum atomic E-state index is 12.2. The third-order valence-electron chi connectivity index (χ3n) is 4.00. The van der Waals surface area contributed by atoms with E-state index in [4.69, 9.17) is 4.74 Å². The third-order valence-corrected chi connectivity index (χ3v) is 4.00. The zero-order valence-electron chi connectivity index (χ0n) is 14.7. The van der Waals surface area contributed by atoms with Gasteiger partial charge >= 0.3 is 5.69 Å². The molecular weight excluding hydrogens is 276 g/mol. The molecule has 1 heterocycles. The molecular formula is C18H32N2O2. The second-order valence-electron chi connectivity index (χ2n) is 5.77. The highest BCUT2D eigenvalue weighted by atomic mass is 16.5. The summed E-state index contributed by atoms with van der Waals surface area (Å²) in [5.74, 6) is 0.499. The summed E-state index contributed by atoms with van der Waals surface area (Å²) in [6, 6.07) is 0.314. The molecule has 0 amide bonds. The van der Waals surface area contributed by atoms with Crippen molar-refractivity contribution in [2.75, 3.05) is 6.61 Å². The lowest BCUT2D eigenvalue weighted by atomic mass is 9.96. The fraction of sp³-hybridized carbons (Fsp3) is 0.778. The van der Waals surface area contributed by atoms with Gasteiger partial charge in [0, 0.05) is 17.8 Å². The van der Waals surface area contributed by atoms with Crippen LogP contribution in [0.3, 0.4) is 0 Å². The minimum Gasteiger partial charge on any atom is -0.477 e. The Morgan fingerprint density at radius 1 is 1.18 bits per heavy atom. The van der Waals surface area contributed by atoms with Crippen LogP contribution in [0.2, 0.25) is 0 Å². The van der Waals surface area contributed by atoms with E-state index >= 15 is 0 Å². The van der Waals surface area contributed by atoms with Crippen molar-refractivity contribution in [1.82, 2.24) is 9.55 Å². The fourth-order valence-corrected chi connectivity index (χ4v) is 2.87. The van der Waals surface area contributed by atoms with Crippen LogP contribution in [0.5, 0.6) is 5.88 Å². The molecule has 0 bridgehead atoms. The lowest BCUT2D eigenvalue weighted by Crippen LogP contribution is -2.28. The van der Waals surface area contributed by atoms with Crippen molar-refractivity contribution in [3.63, 3.8) is 0 Å². The van der Waals surface area contributed by atoms with E-state index in [0.29, 0.717) is 18.5 Å². The topological polar surface area (TPSA) is 44.1 Å². The Hall–Kier alpha value is -1.32. The Bertz CT molecular complexity index is 474. The van der Waals surface area contributed by atoms with Gasteiger partial charge in [0.2, 0.25) is 5.88 Å². The van der Waals surface area contributed by atoms with Gasteiger partial charge in [-0.05, 0) is 26.2 Å². The molecule has 0 atom stereocenters. The molecule has 1 saturated carbocycles. The second-order valence-corrected chi connectivity index (χ2v) is 5.77. The van der Waals surface area contributed by atoms with E-state index in [2.05, 4.69) is 4.98 Å². The molecule has 1 fully saturated rings. The molecule has 126 valence electrons. The zero-order valence-corrected chi connectivity index (χ0v) is 14.7. The molecule has 1 aliphatic carbocycles. The van der Waals surface area contributed by atoms with Gasteiger partial charge in [-0.1, -0.05) is 52.9 Å². The second kappa shape index (κ2) is 10.4. The maximum Gasteiger partial charge on any atom is 0.351 e. The van der Waals surface area contributed by atoms with Crippen LogP contribution in [-0.4, -0.2) is 16.2 Å². The highest BCUT2D eigenvalue weighted by molar-refractivity contribution is 5.20. The van der Waals surface area contributed by atoms with Crippen molar-refractivity contribution in [1.29, 1.82) is 0 Å². The predicted octanol–water partition coefficient (Wildman–Crippen LogP) is 4.65. The van der Waals surface area contributed by atoms with Crippen molar-refractivity contribution in [3.8, 4) is 5.88 Å². The molecule has 1 aromatic rings. The molecule has 4 heteroatoms. The van der Waals surface area contributed by atoms with Crippen molar-refractivity contribution in [2.45, 2.75) is 85.1 Å². The van der Waals surface area contributed by atoms with Crippen LogP contribution in [0.1, 0.15) is 83.7 Å². The number of rotatable bonds is 4. The van der Waals surface area contributed by atoms with Crippen LogP contribution in [0, 0.1) is 6.92 Å². The van der Waals surface area contributed by atoms with Crippen LogP contribution in [-0.2, 0) is 0 Å². The highest BCUT2D eigenvalue weighted by Crippen LogP contribution is 2.26. The van der Waals surface area contributed by atoms with Gasteiger partial charge in [0.25, 0.3) is 0 Å². The van der Waals surface area contributed by atoms with Crippen LogP contribution in [0.15, 0.2) is 11.0 Å². The van der Waals surface area contributed by atoms with E-state index in [-0.39, 0.29) is 5.69 Å². The summed E-state index contributed by atoms with van der Waals surface area (Å²) in [5, 5.41) is 0. The first-order chi connectivity index (χ1) is 10.7. The first kappa shape index (κ1) is 18.7. The molecule has 1 aromatic heterocycles. The molecule has 22 heavy (non-hydrogen) atoms. The van der Waals surface area contributed by atoms with E-state index in [9.17, 15) is 4.79 Å². The minimum atomic E-state index is -0.160. The summed E-state index contributed by atoms with van der Waals surface area (Å²) >= 11 is 0. The van der Waals surface area contributed by atoms with Gasteiger partial charge in [-0.2, -0.15) is 4.98 Å². The van der Waals surface area contributed by atoms with Crippen molar-refractivity contribution in [3.05, 3.63) is 22.2 Å². The zero-order chi connectivity index (χ0) is 16.4. The molecule has 0 unspecified atom stereocenters. The Kier molecular flexibility index (Phi) is 8.86. The number of aromatic nitrogens is 2. The summed E-state index contributed by atoms with van der Waals surface area (Å²) in [6.07, 6.45) is 11.4. The summed E-state index contributed by atoms with van der Waals surface area (Å²) in [5.41, 5.74) is 0.799. The van der Waals surface area contributed by atoms with Gasteiger partial charge in [0.15, 0.2) is 0 Å². The summed E-state index contributed by atoms with van der Waals surface area (Å²) < 4.78 is 7.36. The van der Waals surface area contributed by atoms with Crippen molar-refractivity contribution >= 4 is 0 Å². The van der Waals surface area contributed by atoms with Gasteiger partial charge in [0.1, 0.15) is 0 Å². The first-order valence-electron chi connectivity index (χ1n) is 8.95. The molecule has 0 aliphatic heterocycles. The van der Waals surface area contributed by atoms with E-state index < -0.39 is 0 Å². The number of ether oxygens (including phenoxy) is 1. The molecule has 0 radical (unpaired) electrons. The highest BCUT2D eigenvalue weighted by Gasteiger charge is 2.16. The van der Waals surface area contributed by atoms with Crippen molar-refractivity contribution < 1.29 is 4.74 Å². The molecule has 4 nitrogen and oxygen atoms in total. The lowest BCUT2D eigenvalue weighted by molar-refractivity contribution is 0.295. The number of hydrogen-bond donors (Lipinski definition) is 0. The van der Waals surface area contributed by atoms with Gasteiger partial charge in [-0.15, -0.1) is 0 Å². The third kappa shape index (κ3) is 5.47. The first-order valence-corrected chi connectivity index (χ1v) is 8.95. The maximum absolute atomic E-state index is 12.2. The molecule has 0 saturated heterocycles.